The van der Waals surface area contributed by atoms with Gasteiger partial charge in [0.05, 0.1) is 5.69 Å². The highest BCUT2D eigenvalue weighted by Gasteiger charge is 2.29. The quantitative estimate of drug-likeness (QED) is 0.594. The van der Waals surface area contributed by atoms with E-state index in [1.807, 2.05) is 4.90 Å². The second-order valence-corrected chi connectivity index (χ2v) is 7.82. The fourth-order valence-corrected chi connectivity index (χ4v) is 4.01. The Labute approximate surface area is 178 Å². The van der Waals surface area contributed by atoms with E-state index in [0.29, 0.717) is 31.2 Å². The van der Waals surface area contributed by atoms with Gasteiger partial charge >= 0.3 is 0 Å². The molecule has 0 bridgehead atoms. The molecular weight excluding hydrogens is 407 g/mol. The smallest absolute Gasteiger partial charge is 0.255 e. The van der Waals surface area contributed by atoms with E-state index in [9.17, 15) is 14.0 Å². The number of rotatable bonds is 4. The van der Waals surface area contributed by atoms with E-state index < -0.39 is 5.82 Å². The standard InChI is InChI=1S/C22H20ClFN4O2/c1-27-20(29)12-19(14-4-6-25-7-5-14)26-22(27)28-8-2-3-15(13-28)21(30)16-9-17(23)11-18(24)10-16/h4-7,9-12,15H,2-3,8,13H2,1H3. The largest absolute Gasteiger partial charge is 0.341 e. The molecule has 8 heteroatoms. The van der Waals surface area contributed by atoms with Gasteiger partial charge in [0.1, 0.15) is 5.82 Å². The summed E-state index contributed by atoms with van der Waals surface area (Å²) in [6.07, 6.45) is 4.73. The van der Waals surface area contributed by atoms with Gasteiger partial charge in [-0.1, -0.05) is 11.6 Å². The zero-order chi connectivity index (χ0) is 21.3. The lowest BCUT2D eigenvalue weighted by Gasteiger charge is -2.33. The Hall–Kier alpha value is -3.06. The summed E-state index contributed by atoms with van der Waals surface area (Å²) in [5.74, 6) is -0.522. The Kier molecular flexibility index (Phi) is 5.63. The molecule has 1 unspecified atom stereocenters. The first-order chi connectivity index (χ1) is 14.4. The molecule has 30 heavy (non-hydrogen) atoms. The van der Waals surface area contributed by atoms with Crippen LogP contribution in [0.1, 0.15) is 23.2 Å². The van der Waals surface area contributed by atoms with Gasteiger partial charge in [0, 0.05) is 60.7 Å². The molecule has 3 aromatic rings. The van der Waals surface area contributed by atoms with Gasteiger partial charge in [-0.2, -0.15) is 0 Å². The van der Waals surface area contributed by atoms with Crippen LogP contribution >= 0.6 is 11.6 Å². The number of pyridine rings is 1. The van der Waals surface area contributed by atoms with Crippen LogP contribution < -0.4 is 10.5 Å². The average Bonchev–Trinajstić information content (AvgIpc) is 2.75. The van der Waals surface area contributed by atoms with Crippen molar-refractivity contribution < 1.29 is 9.18 Å². The maximum absolute atomic E-state index is 13.7. The minimum absolute atomic E-state index is 0.156. The number of nitrogens with zero attached hydrogens (tertiary/aromatic N) is 4. The molecule has 6 nitrogen and oxygen atoms in total. The number of piperidine rings is 1. The topological polar surface area (TPSA) is 68.1 Å². The number of ketones is 1. The van der Waals surface area contributed by atoms with Crippen molar-refractivity contribution in [2.45, 2.75) is 12.8 Å². The molecule has 1 fully saturated rings. The number of carbonyl (C=O) groups excluding carboxylic acids is 1. The highest BCUT2D eigenvalue weighted by atomic mass is 35.5. The summed E-state index contributed by atoms with van der Waals surface area (Å²) in [6, 6.07) is 8.95. The minimum Gasteiger partial charge on any atom is -0.341 e. The summed E-state index contributed by atoms with van der Waals surface area (Å²) in [6.45, 7) is 1.07. The lowest BCUT2D eigenvalue weighted by molar-refractivity contribution is 0.0906. The van der Waals surface area contributed by atoms with E-state index in [1.54, 1.807) is 31.6 Å². The predicted octanol–water partition coefficient (Wildman–Crippen LogP) is 3.73. The van der Waals surface area contributed by atoms with Crippen molar-refractivity contribution in [3.63, 3.8) is 0 Å². The molecule has 1 saturated heterocycles. The molecule has 0 radical (unpaired) electrons. The summed E-state index contributed by atoms with van der Waals surface area (Å²) in [7, 11) is 1.67. The van der Waals surface area contributed by atoms with Crippen molar-refractivity contribution in [3.05, 3.63) is 75.5 Å². The highest BCUT2D eigenvalue weighted by Crippen LogP contribution is 2.26. The average molecular weight is 427 g/mol. The Morgan fingerprint density at radius 2 is 1.97 bits per heavy atom. The lowest BCUT2D eigenvalue weighted by atomic mass is 9.90. The third kappa shape index (κ3) is 4.11. The molecule has 1 atom stereocenters. The Morgan fingerprint density at radius 3 is 2.70 bits per heavy atom. The SMILES string of the molecule is Cn1c(N2CCCC(C(=O)c3cc(F)cc(Cl)c3)C2)nc(-c2ccncc2)cc1=O. The van der Waals surface area contributed by atoms with Gasteiger partial charge < -0.3 is 4.90 Å². The van der Waals surface area contributed by atoms with Crippen molar-refractivity contribution in [1.82, 2.24) is 14.5 Å². The second kappa shape index (κ2) is 8.36. The molecule has 4 rings (SSSR count). The molecule has 0 N–H and O–H groups in total. The molecule has 1 aliphatic heterocycles. The number of hydrogen-bond acceptors (Lipinski definition) is 5. The molecule has 1 aromatic carbocycles. The van der Waals surface area contributed by atoms with Gasteiger partial charge in [0.15, 0.2) is 5.78 Å². The zero-order valence-corrected chi connectivity index (χ0v) is 17.1. The summed E-state index contributed by atoms with van der Waals surface area (Å²) < 4.78 is 15.2. The van der Waals surface area contributed by atoms with Crippen LogP contribution in [0.5, 0.6) is 0 Å². The van der Waals surface area contributed by atoms with Gasteiger partial charge in [-0.25, -0.2) is 9.37 Å². The van der Waals surface area contributed by atoms with Gasteiger partial charge in [-0.3, -0.25) is 19.1 Å². The first kappa shape index (κ1) is 20.2. The normalized spacial score (nSPS) is 16.5. The molecular formula is C22H20ClFN4O2. The van der Waals surface area contributed by atoms with Crippen LogP contribution in [0, 0.1) is 11.7 Å². The number of carbonyl (C=O) groups is 1. The van der Waals surface area contributed by atoms with E-state index in [0.717, 1.165) is 12.0 Å². The highest BCUT2D eigenvalue weighted by molar-refractivity contribution is 6.31. The molecule has 0 aliphatic carbocycles. The monoisotopic (exact) mass is 426 g/mol. The number of halogens is 2. The molecule has 0 saturated carbocycles. The van der Waals surface area contributed by atoms with Crippen molar-refractivity contribution in [3.8, 4) is 11.3 Å². The van der Waals surface area contributed by atoms with Crippen molar-refractivity contribution in [2.75, 3.05) is 18.0 Å². The van der Waals surface area contributed by atoms with E-state index in [4.69, 9.17) is 16.6 Å². The number of anilines is 1. The second-order valence-electron chi connectivity index (χ2n) is 7.38. The van der Waals surface area contributed by atoms with E-state index in [1.165, 1.54) is 28.8 Å². The van der Waals surface area contributed by atoms with Crippen LogP contribution in [0.25, 0.3) is 11.3 Å². The van der Waals surface area contributed by atoms with Crippen molar-refractivity contribution in [1.29, 1.82) is 0 Å². The third-order valence-electron chi connectivity index (χ3n) is 5.31. The maximum atomic E-state index is 13.7. The Bertz CT molecular complexity index is 1130. The number of aromatic nitrogens is 3. The van der Waals surface area contributed by atoms with Crippen molar-refractivity contribution in [2.24, 2.45) is 13.0 Å². The molecule has 3 heterocycles. The van der Waals surface area contributed by atoms with Crippen molar-refractivity contribution >= 4 is 23.3 Å². The van der Waals surface area contributed by atoms with Gasteiger partial charge in [0.2, 0.25) is 5.95 Å². The van der Waals surface area contributed by atoms with Crippen LogP contribution in [0.3, 0.4) is 0 Å². The first-order valence-electron chi connectivity index (χ1n) is 9.66. The third-order valence-corrected chi connectivity index (χ3v) is 5.53. The summed E-state index contributed by atoms with van der Waals surface area (Å²) in [5, 5.41) is 0.195. The maximum Gasteiger partial charge on any atom is 0.255 e. The molecule has 154 valence electrons. The van der Waals surface area contributed by atoms with E-state index >= 15 is 0 Å². The van der Waals surface area contributed by atoms with E-state index in [2.05, 4.69) is 4.98 Å². The summed E-state index contributed by atoms with van der Waals surface area (Å²) >= 11 is 5.92. The number of benzene rings is 1. The first-order valence-corrected chi connectivity index (χ1v) is 10.0. The van der Waals surface area contributed by atoms with Crippen LogP contribution in [0.2, 0.25) is 5.02 Å². The molecule has 2 aromatic heterocycles. The van der Waals surface area contributed by atoms with E-state index in [-0.39, 0.29) is 27.8 Å². The zero-order valence-electron chi connectivity index (χ0n) is 16.4. The van der Waals surface area contributed by atoms with Gasteiger partial charge in [-0.15, -0.1) is 0 Å². The Morgan fingerprint density at radius 1 is 1.20 bits per heavy atom. The van der Waals surface area contributed by atoms with Gasteiger partial charge in [-0.05, 0) is 43.2 Å². The van der Waals surface area contributed by atoms with Crippen LogP contribution in [0.15, 0.2) is 53.6 Å². The summed E-state index contributed by atoms with van der Waals surface area (Å²) in [5.41, 5.74) is 1.43. The Balaban J connectivity index is 1.64. The number of Topliss-reactive ketones (excluding diaryl/α,β-unsaturated/α-hetero) is 1. The minimum atomic E-state index is -0.535. The lowest BCUT2D eigenvalue weighted by Crippen LogP contribution is -2.42. The van der Waals surface area contributed by atoms with Crippen LogP contribution in [-0.4, -0.2) is 33.4 Å². The van der Waals surface area contributed by atoms with Gasteiger partial charge in [0.25, 0.3) is 5.56 Å². The fraction of sp³-hybridized carbons (Fsp3) is 0.273. The van der Waals surface area contributed by atoms with Crippen LogP contribution in [-0.2, 0) is 7.05 Å². The predicted molar refractivity (Wildman–Crippen MR) is 113 cm³/mol. The number of hydrogen-bond donors (Lipinski definition) is 0. The fourth-order valence-electron chi connectivity index (χ4n) is 3.79. The molecule has 0 spiro atoms. The summed E-state index contributed by atoms with van der Waals surface area (Å²) in [4.78, 5) is 36.2. The van der Waals surface area contributed by atoms with Crippen LogP contribution in [0.4, 0.5) is 10.3 Å². The molecule has 0 amide bonds. The molecule has 1 aliphatic rings.